The van der Waals surface area contributed by atoms with Crippen LogP contribution in [0.4, 0.5) is 4.79 Å². The lowest BCUT2D eigenvalue weighted by Crippen LogP contribution is -2.31. The van der Waals surface area contributed by atoms with Crippen molar-refractivity contribution in [3.05, 3.63) is 15.9 Å². The molecule has 0 aliphatic heterocycles. The van der Waals surface area contributed by atoms with Crippen LogP contribution in [0.2, 0.25) is 0 Å². The van der Waals surface area contributed by atoms with Gasteiger partial charge < -0.3 is 5.10 Å². The van der Waals surface area contributed by atoms with Crippen LogP contribution in [0, 0.1) is 0 Å². The number of carbonyl (C=O) groups excluding carboxylic acids is 1. The van der Waals surface area contributed by atoms with Crippen LogP contribution in [0.15, 0.2) is 9.90 Å². The average molecular weight is 211 g/mol. The fourth-order valence-electron chi connectivity index (χ4n) is 1.10. The molecule has 0 fully saturated rings. The second-order valence-corrected chi connectivity index (χ2v) is 2.83. The molecule has 5 N–H and O–H groups in total. The third kappa shape index (κ3) is 2.47. The Kier molecular flexibility index (Phi) is 3.29. The number of hydrazone groups is 1. The Morgan fingerprint density at radius 2 is 2.20 bits per heavy atom. The topological polar surface area (TPSA) is 122 Å². The van der Waals surface area contributed by atoms with Gasteiger partial charge in [0.1, 0.15) is 0 Å². The van der Waals surface area contributed by atoms with Crippen LogP contribution in [0.25, 0.3) is 0 Å². The first-order valence-electron chi connectivity index (χ1n) is 4.08. The Morgan fingerprint density at radius 3 is 2.67 bits per heavy atom. The summed E-state index contributed by atoms with van der Waals surface area (Å²) in [7, 11) is 1.69. The van der Waals surface area contributed by atoms with Gasteiger partial charge in [0.05, 0.1) is 11.3 Å². The van der Waals surface area contributed by atoms with Gasteiger partial charge in [-0.25, -0.2) is 15.7 Å². The summed E-state index contributed by atoms with van der Waals surface area (Å²) in [5.74, 6) is 0. The number of aromatic nitrogens is 2. The Morgan fingerprint density at radius 1 is 1.53 bits per heavy atom. The predicted molar refractivity (Wildman–Crippen MR) is 55.3 cm³/mol. The van der Waals surface area contributed by atoms with Gasteiger partial charge in [0.25, 0.3) is 5.56 Å². The largest absolute Gasteiger partial charge is 0.358 e. The zero-order valence-electron chi connectivity index (χ0n) is 8.21. The van der Waals surface area contributed by atoms with Crippen molar-refractivity contribution in [1.29, 1.82) is 0 Å². The van der Waals surface area contributed by atoms with E-state index in [9.17, 15) is 9.59 Å². The molecule has 0 unspecified atom stereocenters. The Balaban J connectivity index is 2.89. The molecule has 0 aromatic carbocycles. The molecule has 1 heterocycles. The third-order valence-corrected chi connectivity index (χ3v) is 1.75. The Hall–Kier alpha value is -2.03. The van der Waals surface area contributed by atoms with Gasteiger partial charge in [0.2, 0.25) is 0 Å². The van der Waals surface area contributed by atoms with E-state index in [1.807, 2.05) is 5.43 Å². The number of nitrogens with one attached hydrogen (secondary N) is 4. The van der Waals surface area contributed by atoms with Crippen molar-refractivity contribution >= 4 is 25.2 Å². The van der Waals surface area contributed by atoms with E-state index in [-0.39, 0.29) is 5.56 Å². The normalized spacial score (nSPS) is 11.2. The quantitative estimate of drug-likeness (QED) is 0.159. The average Bonchev–Trinajstić information content (AvgIpc) is 2.54. The Bertz CT molecular complexity index is 448. The first-order valence-corrected chi connectivity index (χ1v) is 4.08. The smallest absolute Gasteiger partial charge is 0.312 e. The van der Waals surface area contributed by atoms with Crippen molar-refractivity contribution in [3.8, 4) is 0 Å². The van der Waals surface area contributed by atoms with Crippen LogP contribution < -0.4 is 22.1 Å². The molecule has 0 saturated carbocycles. The molecule has 80 valence electrons. The number of aromatic amines is 2. The molecule has 0 aliphatic rings. The summed E-state index contributed by atoms with van der Waals surface area (Å²) in [6.45, 7) is 1.56. The molecule has 8 nitrogen and oxygen atoms in total. The molecule has 0 saturated heterocycles. The standard InChI is InChI=1S/C6H10BN5O3/c1-2(8-11-6(14)12-15)3-4(7)9-10-5(3)13/h15H,7H2,1H3,(H2,9,10,13)(H2,11,12,14)/b8-2+. The fraction of sp³-hybridized carbons (Fsp3) is 0.167. The Labute approximate surface area is 85.1 Å². The molecule has 9 heteroatoms. The van der Waals surface area contributed by atoms with Gasteiger partial charge in [-0.1, -0.05) is 0 Å². The van der Waals surface area contributed by atoms with E-state index in [0.29, 0.717) is 16.9 Å². The van der Waals surface area contributed by atoms with Crippen LogP contribution in [0.3, 0.4) is 0 Å². The first-order chi connectivity index (χ1) is 7.06. The van der Waals surface area contributed by atoms with Crippen LogP contribution in [-0.2, 0) is 0 Å². The van der Waals surface area contributed by atoms with E-state index < -0.39 is 6.03 Å². The maximum absolute atomic E-state index is 11.3. The minimum absolute atomic E-state index is 0.319. The van der Waals surface area contributed by atoms with Crippen LogP contribution in [-0.4, -0.2) is 35.0 Å². The summed E-state index contributed by atoms with van der Waals surface area (Å²) in [4.78, 5) is 21.8. The van der Waals surface area contributed by atoms with Gasteiger partial charge in [-0.3, -0.25) is 15.1 Å². The second-order valence-electron chi connectivity index (χ2n) is 2.83. The van der Waals surface area contributed by atoms with E-state index in [0.717, 1.165) is 0 Å². The van der Waals surface area contributed by atoms with E-state index in [4.69, 9.17) is 5.21 Å². The van der Waals surface area contributed by atoms with Crippen molar-refractivity contribution in [2.75, 3.05) is 0 Å². The summed E-state index contributed by atoms with van der Waals surface area (Å²) in [6, 6.07) is -0.876. The highest BCUT2D eigenvalue weighted by molar-refractivity contribution is 6.35. The molecule has 0 atom stereocenters. The van der Waals surface area contributed by atoms with Crippen LogP contribution in [0.5, 0.6) is 0 Å². The fourth-order valence-corrected chi connectivity index (χ4v) is 1.10. The molecule has 0 radical (unpaired) electrons. The molecular formula is C6H10BN5O3. The summed E-state index contributed by atoms with van der Waals surface area (Å²) in [5, 5.41) is 16.8. The zero-order chi connectivity index (χ0) is 11.4. The maximum Gasteiger partial charge on any atom is 0.358 e. The number of rotatable bonds is 2. The van der Waals surface area contributed by atoms with Gasteiger partial charge in [0.15, 0.2) is 7.85 Å². The number of carbonyl (C=O) groups is 1. The summed E-state index contributed by atoms with van der Waals surface area (Å²) >= 11 is 0. The third-order valence-electron chi connectivity index (χ3n) is 1.75. The molecule has 1 aromatic heterocycles. The number of nitrogens with zero attached hydrogens (tertiary/aromatic N) is 1. The minimum Gasteiger partial charge on any atom is -0.312 e. The molecule has 1 aromatic rings. The van der Waals surface area contributed by atoms with Crippen LogP contribution in [0.1, 0.15) is 12.5 Å². The van der Waals surface area contributed by atoms with Crippen molar-refractivity contribution < 1.29 is 10.0 Å². The number of hydrogen-bond donors (Lipinski definition) is 5. The van der Waals surface area contributed by atoms with Crippen molar-refractivity contribution in [1.82, 2.24) is 21.1 Å². The van der Waals surface area contributed by atoms with Crippen molar-refractivity contribution in [2.24, 2.45) is 5.10 Å². The minimum atomic E-state index is -0.876. The SMILES string of the molecule is Bc1[nH][nH]c(=O)c1/C(C)=N/NC(=O)NO. The van der Waals surface area contributed by atoms with Gasteiger partial charge in [-0.15, -0.1) is 0 Å². The summed E-state index contributed by atoms with van der Waals surface area (Å²) < 4.78 is 0. The lowest BCUT2D eigenvalue weighted by Gasteiger charge is -1.99. The van der Waals surface area contributed by atoms with E-state index >= 15 is 0 Å². The molecule has 1 rings (SSSR count). The van der Waals surface area contributed by atoms with E-state index in [1.54, 1.807) is 14.8 Å². The number of amides is 2. The van der Waals surface area contributed by atoms with E-state index in [1.165, 1.54) is 5.48 Å². The zero-order valence-corrected chi connectivity index (χ0v) is 8.21. The molecular weight excluding hydrogens is 201 g/mol. The highest BCUT2D eigenvalue weighted by Crippen LogP contribution is 1.86. The highest BCUT2D eigenvalue weighted by Gasteiger charge is 2.09. The number of hydroxylamine groups is 1. The lowest BCUT2D eigenvalue weighted by atomic mass is 9.97. The monoisotopic (exact) mass is 211 g/mol. The molecule has 2 amide bonds. The summed E-state index contributed by atoms with van der Waals surface area (Å²) in [5.41, 5.74) is 4.33. The highest BCUT2D eigenvalue weighted by atomic mass is 16.5. The maximum atomic E-state index is 11.3. The predicted octanol–water partition coefficient (Wildman–Crippen LogP) is -2.63. The molecule has 15 heavy (non-hydrogen) atoms. The molecule has 0 spiro atoms. The van der Waals surface area contributed by atoms with Gasteiger partial charge in [-0.05, 0) is 6.92 Å². The molecule has 0 bridgehead atoms. The van der Waals surface area contributed by atoms with Gasteiger partial charge in [0, 0.05) is 5.59 Å². The van der Waals surface area contributed by atoms with Gasteiger partial charge in [-0.2, -0.15) is 5.10 Å². The van der Waals surface area contributed by atoms with E-state index in [2.05, 4.69) is 15.3 Å². The second kappa shape index (κ2) is 4.46. The van der Waals surface area contributed by atoms with Crippen molar-refractivity contribution in [3.63, 3.8) is 0 Å². The van der Waals surface area contributed by atoms with Crippen molar-refractivity contribution in [2.45, 2.75) is 6.92 Å². The summed E-state index contributed by atoms with van der Waals surface area (Å²) in [6.07, 6.45) is 0. The van der Waals surface area contributed by atoms with Gasteiger partial charge >= 0.3 is 6.03 Å². The number of urea groups is 1. The number of H-pyrrole nitrogens is 2. The molecule has 0 aliphatic carbocycles. The van der Waals surface area contributed by atoms with Crippen LogP contribution >= 0.6 is 0 Å². The lowest BCUT2D eigenvalue weighted by molar-refractivity contribution is 0.162. The first kappa shape index (κ1) is 11.1. The number of hydrogen-bond acceptors (Lipinski definition) is 4.